The summed E-state index contributed by atoms with van der Waals surface area (Å²) in [6.45, 7) is 7.25. The van der Waals surface area contributed by atoms with E-state index in [0.717, 1.165) is 12.0 Å². The summed E-state index contributed by atoms with van der Waals surface area (Å²) in [4.78, 5) is 20.2. The third-order valence-electron chi connectivity index (χ3n) is 2.85. The van der Waals surface area contributed by atoms with Crippen LogP contribution in [-0.2, 0) is 16.0 Å². The number of aliphatic hydroxyl groups excluding tert-OH is 1. The van der Waals surface area contributed by atoms with Crippen molar-refractivity contribution in [3.05, 3.63) is 35.4 Å². The van der Waals surface area contributed by atoms with Crippen LogP contribution in [0.3, 0.4) is 0 Å². The first-order valence-electron chi connectivity index (χ1n) is 6.87. The molecule has 0 amide bonds. The zero-order valence-corrected chi connectivity index (χ0v) is 12.9. The number of hydrogen-bond acceptors (Lipinski definition) is 3. The first-order valence-corrected chi connectivity index (χ1v) is 6.87. The van der Waals surface area contributed by atoms with Gasteiger partial charge in [0.05, 0.1) is 5.92 Å². The van der Waals surface area contributed by atoms with E-state index in [9.17, 15) is 9.59 Å². The van der Waals surface area contributed by atoms with Gasteiger partial charge in [0, 0.05) is 0 Å². The zero-order valence-electron chi connectivity index (χ0n) is 12.9. The number of carboxylic acid groups (broad SMARTS) is 2. The van der Waals surface area contributed by atoms with Gasteiger partial charge in [-0.3, -0.25) is 4.79 Å². The number of rotatable bonds is 5. The molecule has 2 atom stereocenters. The van der Waals surface area contributed by atoms with Gasteiger partial charge in [0.2, 0.25) is 0 Å². The van der Waals surface area contributed by atoms with E-state index in [-0.39, 0.29) is 0 Å². The Morgan fingerprint density at radius 1 is 0.952 bits per heavy atom. The summed E-state index contributed by atoms with van der Waals surface area (Å²) in [6, 6.07) is 7.87. The van der Waals surface area contributed by atoms with Gasteiger partial charge in [0.15, 0.2) is 0 Å². The van der Waals surface area contributed by atoms with Crippen LogP contribution in [0.4, 0.5) is 0 Å². The number of aliphatic carboxylic acids is 2. The summed E-state index contributed by atoms with van der Waals surface area (Å²) >= 11 is 0. The summed E-state index contributed by atoms with van der Waals surface area (Å²) in [7, 11) is 0. The Kier molecular flexibility index (Phi) is 8.31. The van der Waals surface area contributed by atoms with E-state index in [1.165, 1.54) is 12.5 Å². The van der Waals surface area contributed by atoms with Gasteiger partial charge in [-0.15, -0.1) is 0 Å². The Morgan fingerprint density at radius 2 is 1.38 bits per heavy atom. The van der Waals surface area contributed by atoms with Crippen LogP contribution >= 0.6 is 0 Å². The van der Waals surface area contributed by atoms with Crippen LogP contribution in [0.1, 0.15) is 44.7 Å². The maximum atomic E-state index is 10.8. The van der Waals surface area contributed by atoms with Crippen LogP contribution < -0.4 is 0 Å². The normalized spacial score (nSPS) is 13.0. The van der Waals surface area contributed by atoms with E-state index in [1.807, 2.05) is 24.3 Å². The van der Waals surface area contributed by atoms with Crippen molar-refractivity contribution in [2.24, 2.45) is 5.92 Å². The molecule has 0 saturated heterocycles. The minimum Gasteiger partial charge on any atom is -0.481 e. The van der Waals surface area contributed by atoms with Crippen molar-refractivity contribution in [1.82, 2.24) is 0 Å². The number of carbonyl (C=O) groups is 2. The Labute approximate surface area is 125 Å². The summed E-state index contributed by atoms with van der Waals surface area (Å²) in [5.41, 5.74) is 2.14. The SMILES string of the molecule is CC(C)Cc1ccc(C(C)C(=O)O)cc1.CC(O)C(=O)O. The molecule has 0 heterocycles. The van der Waals surface area contributed by atoms with Crippen LogP contribution in [0.5, 0.6) is 0 Å². The lowest BCUT2D eigenvalue weighted by Crippen LogP contribution is -2.13. The van der Waals surface area contributed by atoms with Gasteiger partial charge in [-0.25, -0.2) is 4.79 Å². The third-order valence-corrected chi connectivity index (χ3v) is 2.85. The lowest BCUT2D eigenvalue weighted by molar-refractivity contribution is -0.145. The molecule has 2 unspecified atom stereocenters. The number of carboxylic acids is 2. The quantitative estimate of drug-likeness (QED) is 0.776. The average molecular weight is 296 g/mol. The van der Waals surface area contributed by atoms with E-state index in [4.69, 9.17) is 15.3 Å². The molecule has 5 nitrogen and oxygen atoms in total. The lowest BCUT2D eigenvalue weighted by atomic mass is 9.97. The predicted octanol–water partition coefficient (Wildman–Crippen LogP) is 2.53. The van der Waals surface area contributed by atoms with E-state index < -0.39 is 24.0 Å². The second-order valence-electron chi connectivity index (χ2n) is 5.41. The van der Waals surface area contributed by atoms with Gasteiger partial charge in [-0.2, -0.15) is 0 Å². The van der Waals surface area contributed by atoms with Crippen LogP contribution in [0.25, 0.3) is 0 Å². The summed E-state index contributed by atoms with van der Waals surface area (Å²) < 4.78 is 0. The molecule has 5 heteroatoms. The largest absolute Gasteiger partial charge is 0.481 e. The Bertz CT molecular complexity index is 448. The third kappa shape index (κ3) is 8.09. The standard InChI is InChI=1S/C13H18O2.C3H6O3/c1-9(2)8-11-4-6-12(7-5-11)10(3)13(14)15;1-2(4)3(5)6/h4-7,9-10H,8H2,1-3H3,(H,14,15);2,4H,1H3,(H,5,6). The van der Waals surface area contributed by atoms with Crippen molar-refractivity contribution in [3.8, 4) is 0 Å². The van der Waals surface area contributed by atoms with Gasteiger partial charge in [0.25, 0.3) is 0 Å². The monoisotopic (exact) mass is 296 g/mol. The molecule has 118 valence electrons. The van der Waals surface area contributed by atoms with Gasteiger partial charge in [-0.05, 0) is 37.3 Å². The molecule has 1 aromatic carbocycles. The summed E-state index contributed by atoms with van der Waals surface area (Å²) in [5.74, 6) is -1.74. The molecule has 0 saturated carbocycles. The second kappa shape index (κ2) is 9.13. The van der Waals surface area contributed by atoms with Crippen LogP contribution in [-0.4, -0.2) is 33.4 Å². The zero-order chi connectivity index (χ0) is 16.6. The molecule has 0 spiro atoms. The van der Waals surface area contributed by atoms with Crippen LogP contribution in [0.2, 0.25) is 0 Å². The second-order valence-corrected chi connectivity index (χ2v) is 5.41. The highest BCUT2D eigenvalue weighted by Crippen LogP contribution is 2.17. The Morgan fingerprint density at radius 3 is 1.67 bits per heavy atom. The number of benzene rings is 1. The highest BCUT2D eigenvalue weighted by Gasteiger charge is 2.12. The maximum Gasteiger partial charge on any atom is 0.332 e. The molecule has 1 rings (SSSR count). The van der Waals surface area contributed by atoms with Gasteiger partial charge < -0.3 is 15.3 Å². The minimum atomic E-state index is -1.23. The van der Waals surface area contributed by atoms with E-state index >= 15 is 0 Å². The van der Waals surface area contributed by atoms with Crippen molar-refractivity contribution >= 4 is 11.9 Å². The molecule has 0 aliphatic rings. The van der Waals surface area contributed by atoms with E-state index in [0.29, 0.717) is 5.92 Å². The topological polar surface area (TPSA) is 94.8 Å². The van der Waals surface area contributed by atoms with Crippen molar-refractivity contribution < 1.29 is 24.9 Å². The van der Waals surface area contributed by atoms with Crippen LogP contribution in [0.15, 0.2) is 24.3 Å². The molecule has 0 bridgehead atoms. The van der Waals surface area contributed by atoms with Gasteiger partial charge >= 0.3 is 11.9 Å². The fraction of sp³-hybridized carbons (Fsp3) is 0.500. The molecule has 21 heavy (non-hydrogen) atoms. The smallest absolute Gasteiger partial charge is 0.332 e. The first-order chi connectivity index (χ1) is 9.65. The van der Waals surface area contributed by atoms with E-state index in [2.05, 4.69) is 13.8 Å². The fourth-order valence-electron chi connectivity index (χ4n) is 1.56. The molecule has 0 fully saturated rings. The van der Waals surface area contributed by atoms with Crippen molar-refractivity contribution in [2.45, 2.75) is 46.1 Å². The number of aliphatic hydroxyl groups is 1. The molecule has 0 aliphatic carbocycles. The Balaban J connectivity index is 0.000000567. The summed E-state index contributed by atoms with van der Waals surface area (Å²) in [6.07, 6.45) is -0.188. The van der Waals surface area contributed by atoms with Crippen molar-refractivity contribution in [2.75, 3.05) is 0 Å². The fourth-order valence-corrected chi connectivity index (χ4v) is 1.56. The molecule has 0 radical (unpaired) electrons. The first kappa shape index (κ1) is 19.1. The van der Waals surface area contributed by atoms with Crippen molar-refractivity contribution in [1.29, 1.82) is 0 Å². The minimum absolute atomic E-state index is 0.418. The number of hydrogen-bond donors (Lipinski definition) is 3. The lowest BCUT2D eigenvalue weighted by Gasteiger charge is -2.09. The highest BCUT2D eigenvalue weighted by molar-refractivity contribution is 5.75. The van der Waals surface area contributed by atoms with E-state index in [1.54, 1.807) is 6.92 Å². The van der Waals surface area contributed by atoms with Gasteiger partial charge in [-0.1, -0.05) is 38.1 Å². The predicted molar refractivity (Wildman–Crippen MR) is 80.4 cm³/mol. The van der Waals surface area contributed by atoms with Crippen molar-refractivity contribution in [3.63, 3.8) is 0 Å². The molecule has 0 aliphatic heterocycles. The molecule has 3 N–H and O–H groups in total. The van der Waals surface area contributed by atoms with Gasteiger partial charge in [0.1, 0.15) is 6.10 Å². The Hall–Kier alpha value is -1.88. The molecule has 0 aromatic heterocycles. The molecular formula is C16H24O5. The van der Waals surface area contributed by atoms with Crippen LogP contribution in [0, 0.1) is 5.92 Å². The maximum absolute atomic E-state index is 10.8. The average Bonchev–Trinajstić information content (AvgIpc) is 2.38. The summed E-state index contributed by atoms with van der Waals surface area (Å²) in [5, 5.41) is 24.6. The molecule has 1 aromatic rings. The highest BCUT2D eigenvalue weighted by atomic mass is 16.4. The molecular weight excluding hydrogens is 272 g/mol.